The molecule has 2 aromatic rings. The van der Waals surface area contributed by atoms with Crippen LogP contribution in [0.15, 0.2) is 34.0 Å². The minimum atomic E-state index is -0.214. The van der Waals surface area contributed by atoms with Crippen LogP contribution >= 0.6 is 11.9 Å². The number of nitrogens with one attached hydrogen (secondary N) is 3. The van der Waals surface area contributed by atoms with Gasteiger partial charge in [0.1, 0.15) is 23.0 Å². The van der Waals surface area contributed by atoms with E-state index in [1.807, 2.05) is 12.1 Å². The molecule has 1 aliphatic heterocycles. The smallest absolute Gasteiger partial charge is 0.262 e. The number of H-pyrrole nitrogens is 1. The van der Waals surface area contributed by atoms with E-state index < -0.39 is 0 Å². The van der Waals surface area contributed by atoms with Gasteiger partial charge in [-0.3, -0.25) is 4.79 Å². The first kappa shape index (κ1) is 20.9. The number of hydrogen-bond donors (Lipinski definition) is 3. The maximum atomic E-state index is 12.8. The molecule has 30 heavy (non-hydrogen) atoms. The number of ether oxygens (including phenoxy) is 1. The van der Waals surface area contributed by atoms with E-state index in [0.29, 0.717) is 17.4 Å². The van der Waals surface area contributed by atoms with Crippen molar-refractivity contribution in [3.05, 3.63) is 46.0 Å². The summed E-state index contributed by atoms with van der Waals surface area (Å²) in [7, 11) is 1.67. The summed E-state index contributed by atoms with van der Waals surface area (Å²) >= 11 is 1.73. The van der Waals surface area contributed by atoms with Crippen LogP contribution in [0.25, 0.3) is 0 Å². The zero-order valence-corrected chi connectivity index (χ0v) is 18.3. The number of aromatic amines is 1. The molecule has 7 nitrogen and oxygen atoms in total. The Morgan fingerprint density at radius 1 is 1.27 bits per heavy atom. The summed E-state index contributed by atoms with van der Waals surface area (Å²) in [6.45, 7) is 3.47. The van der Waals surface area contributed by atoms with Gasteiger partial charge in [-0.2, -0.15) is 0 Å². The molecular weight excluding hydrogens is 398 g/mol. The Balaban J connectivity index is 1.51. The lowest BCUT2D eigenvalue weighted by molar-refractivity contribution is 0.334. The first-order valence-corrected chi connectivity index (χ1v) is 11.3. The van der Waals surface area contributed by atoms with Crippen LogP contribution in [0, 0.1) is 5.41 Å². The molecule has 2 heterocycles. The highest BCUT2D eigenvalue weighted by atomic mass is 32.2. The third kappa shape index (κ3) is 4.70. The average molecular weight is 428 g/mol. The van der Waals surface area contributed by atoms with Crippen LogP contribution in [-0.4, -0.2) is 46.2 Å². The summed E-state index contributed by atoms with van der Waals surface area (Å²) < 4.78 is 7.57. The molecule has 8 heteroatoms. The Morgan fingerprint density at radius 2 is 2.03 bits per heavy atom. The van der Waals surface area contributed by atoms with Gasteiger partial charge in [0.15, 0.2) is 0 Å². The molecule has 0 amide bonds. The first-order valence-electron chi connectivity index (χ1n) is 10.6. The van der Waals surface area contributed by atoms with Crippen LogP contribution in [0.1, 0.15) is 56.3 Å². The molecule has 1 aromatic heterocycles. The number of anilines is 1. The number of hydrogen-bond acceptors (Lipinski definition) is 7. The zero-order valence-electron chi connectivity index (χ0n) is 17.5. The van der Waals surface area contributed by atoms with Gasteiger partial charge < -0.3 is 20.4 Å². The molecule has 0 spiro atoms. The maximum absolute atomic E-state index is 12.8. The Kier molecular flexibility index (Phi) is 6.43. The topological polar surface area (TPSA) is 94.1 Å². The maximum Gasteiger partial charge on any atom is 0.262 e. The van der Waals surface area contributed by atoms with Gasteiger partial charge in [0.2, 0.25) is 0 Å². The number of methoxy groups -OCH3 is 1. The molecule has 0 radical (unpaired) electrons. The van der Waals surface area contributed by atoms with Crippen LogP contribution in [0.5, 0.6) is 5.75 Å². The fourth-order valence-corrected chi connectivity index (χ4v) is 4.95. The number of piperidine rings is 1. The Morgan fingerprint density at radius 3 is 2.67 bits per heavy atom. The van der Waals surface area contributed by atoms with Crippen molar-refractivity contribution < 1.29 is 4.74 Å². The van der Waals surface area contributed by atoms with Gasteiger partial charge in [-0.05, 0) is 75.2 Å². The lowest BCUT2D eigenvalue weighted by atomic mass is 9.93. The number of benzene rings is 1. The summed E-state index contributed by atoms with van der Waals surface area (Å²) in [4.78, 5) is 21.7. The predicted molar refractivity (Wildman–Crippen MR) is 121 cm³/mol. The van der Waals surface area contributed by atoms with E-state index in [1.165, 1.54) is 11.3 Å². The van der Waals surface area contributed by atoms with Crippen molar-refractivity contribution in [1.29, 1.82) is 5.41 Å². The molecule has 2 aliphatic rings. The van der Waals surface area contributed by atoms with Gasteiger partial charge in [0.05, 0.1) is 7.11 Å². The fraction of sp³-hybridized carbons (Fsp3) is 0.500. The highest BCUT2D eigenvalue weighted by Gasteiger charge is 2.27. The molecular formula is C22H29N5O2S. The third-order valence-electron chi connectivity index (χ3n) is 5.82. The van der Waals surface area contributed by atoms with E-state index in [2.05, 4.69) is 26.7 Å². The monoisotopic (exact) mass is 427 g/mol. The van der Waals surface area contributed by atoms with Gasteiger partial charge in [0, 0.05) is 35.7 Å². The summed E-state index contributed by atoms with van der Waals surface area (Å²) in [5, 5.41) is 11.4. The van der Waals surface area contributed by atoms with E-state index in [-0.39, 0.29) is 17.2 Å². The minimum Gasteiger partial charge on any atom is -0.497 e. The van der Waals surface area contributed by atoms with E-state index in [9.17, 15) is 4.79 Å². The third-order valence-corrected chi connectivity index (χ3v) is 6.90. The van der Waals surface area contributed by atoms with Gasteiger partial charge >= 0.3 is 0 Å². The molecule has 2 fully saturated rings. The fourth-order valence-electron chi connectivity index (χ4n) is 3.92. The summed E-state index contributed by atoms with van der Waals surface area (Å²) in [6, 6.07) is 8.43. The van der Waals surface area contributed by atoms with Crippen molar-refractivity contribution in [3.63, 3.8) is 0 Å². The van der Waals surface area contributed by atoms with E-state index >= 15 is 0 Å². The van der Waals surface area contributed by atoms with E-state index in [0.717, 1.165) is 50.3 Å². The van der Waals surface area contributed by atoms with Gasteiger partial charge in [-0.1, -0.05) is 0 Å². The van der Waals surface area contributed by atoms with Crippen LogP contribution in [0.3, 0.4) is 0 Å². The molecule has 4 rings (SSSR count). The van der Waals surface area contributed by atoms with Crippen LogP contribution in [0.4, 0.5) is 5.82 Å². The normalized spacial score (nSPS) is 19.9. The van der Waals surface area contributed by atoms with Gasteiger partial charge in [0.25, 0.3) is 5.56 Å². The Bertz CT molecular complexity index is 955. The zero-order chi connectivity index (χ0) is 21.1. The quantitative estimate of drug-likeness (QED) is 0.456. The number of aromatic nitrogens is 2. The molecule has 0 bridgehead atoms. The van der Waals surface area contributed by atoms with Crippen molar-refractivity contribution in [2.75, 3.05) is 25.5 Å². The van der Waals surface area contributed by atoms with Crippen LogP contribution in [0.2, 0.25) is 0 Å². The molecule has 1 unspecified atom stereocenters. The molecule has 160 valence electrons. The molecule has 1 atom stereocenters. The molecule has 1 saturated carbocycles. The average Bonchev–Trinajstić information content (AvgIpc) is 2.71. The first-order chi connectivity index (χ1) is 14.5. The summed E-state index contributed by atoms with van der Waals surface area (Å²) in [5.74, 6) is 2.32. The Labute approximate surface area is 181 Å². The Hall–Kier alpha value is -2.32. The van der Waals surface area contributed by atoms with Crippen molar-refractivity contribution in [2.45, 2.75) is 55.9 Å². The number of nitrogens with zero attached hydrogens (tertiary/aromatic N) is 2. The molecule has 1 saturated heterocycles. The molecule has 1 aliphatic carbocycles. The second-order valence-electron chi connectivity index (χ2n) is 8.07. The number of rotatable bonds is 7. The predicted octanol–water partition coefficient (Wildman–Crippen LogP) is 4.02. The SMILES string of the molecule is COc1ccc(SN2CCCC(c3nc(NC4CCC4)c(C(C)=N)c(=O)[nH]3)C2)cc1. The standard InChI is InChI=1S/C22H29N5O2S/c1-14(23)19-21(24-16-6-3-7-16)25-20(26-22(19)28)15-5-4-12-27(13-15)30-18-10-8-17(29-2)9-11-18/h8-11,15-16,23H,3-7,12-13H2,1-2H3,(H2,24,25,26,28). The van der Waals surface area contributed by atoms with Crippen molar-refractivity contribution >= 4 is 23.5 Å². The van der Waals surface area contributed by atoms with Crippen molar-refractivity contribution in [2.24, 2.45) is 0 Å². The van der Waals surface area contributed by atoms with E-state index in [1.54, 1.807) is 26.0 Å². The van der Waals surface area contributed by atoms with Gasteiger partial charge in [-0.15, -0.1) is 0 Å². The second-order valence-corrected chi connectivity index (χ2v) is 9.24. The largest absolute Gasteiger partial charge is 0.497 e. The highest BCUT2D eigenvalue weighted by Crippen LogP contribution is 2.33. The summed E-state index contributed by atoms with van der Waals surface area (Å²) in [6.07, 6.45) is 5.43. The van der Waals surface area contributed by atoms with Crippen LogP contribution in [-0.2, 0) is 0 Å². The molecule has 1 aromatic carbocycles. The minimum absolute atomic E-state index is 0.166. The molecule has 3 N–H and O–H groups in total. The summed E-state index contributed by atoms with van der Waals surface area (Å²) in [5.41, 5.74) is 0.401. The van der Waals surface area contributed by atoms with Gasteiger partial charge in [-0.25, -0.2) is 9.29 Å². The lowest BCUT2D eigenvalue weighted by Crippen LogP contribution is -2.34. The lowest BCUT2D eigenvalue weighted by Gasteiger charge is -2.32. The second kappa shape index (κ2) is 9.22. The van der Waals surface area contributed by atoms with E-state index in [4.69, 9.17) is 15.1 Å². The highest BCUT2D eigenvalue weighted by molar-refractivity contribution is 7.97. The van der Waals surface area contributed by atoms with Crippen LogP contribution < -0.4 is 15.6 Å². The van der Waals surface area contributed by atoms with Crippen molar-refractivity contribution in [3.8, 4) is 5.75 Å². The van der Waals surface area contributed by atoms with Crippen molar-refractivity contribution in [1.82, 2.24) is 14.3 Å².